The zero-order valence-corrected chi connectivity index (χ0v) is 12.9. The maximum atomic E-state index is 12.5. The summed E-state index contributed by atoms with van der Waals surface area (Å²) in [5.74, 6) is -0.0101. The number of aliphatic hydroxyl groups is 1. The van der Waals surface area contributed by atoms with E-state index in [2.05, 4.69) is 0 Å². The van der Waals surface area contributed by atoms with Crippen molar-refractivity contribution >= 4 is 19.9 Å². The van der Waals surface area contributed by atoms with Crippen LogP contribution in [-0.2, 0) is 26.5 Å². The molecule has 2 heterocycles. The summed E-state index contributed by atoms with van der Waals surface area (Å²) >= 11 is 0. The molecule has 1 fully saturated rings. The highest BCUT2D eigenvalue weighted by Crippen LogP contribution is 2.27. The van der Waals surface area contributed by atoms with Crippen LogP contribution >= 0.6 is 0 Å². The summed E-state index contributed by atoms with van der Waals surface area (Å²) in [7, 11) is -7.00. The molecule has 0 bridgehead atoms. The van der Waals surface area contributed by atoms with Crippen molar-refractivity contribution in [3.05, 3.63) is 17.6 Å². The topological polar surface area (TPSA) is 105 Å². The quantitative estimate of drug-likeness (QED) is 0.832. The minimum atomic E-state index is -3.82. The number of sulfonamides is 1. The first-order valence-corrected chi connectivity index (χ1v) is 9.36. The minimum Gasteiger partial charge on any atom is -0.462 e. The van der Waals surface area contributed by atoms with Crippen molar-refractivity contribution in [3.8, 4) is 0 Å². The number of hydrogen-bond acceptors (Lipinski definition) is 6. The van der Waals surface area contributed by atoms with E-state index < -0.39 is 25.9 Å². The summed E-state index contributed by atoms with van der Waals surface area (Å²) in [4.78, 5) is -0.0207. The fraction of sp³-hybridized carbons (Fsp3) is 0.636. The van der Waals surface area contributed by atoms with E-state index in [4.69, 9.17) is 9.52 Å². The summed E-state index contributed by atoms with van der Waals surface area (Å²) < 4.78 is 54.4. The van der Waals surface area contributed by atoms with Crippen molar-refractivity contribution in [2.75, 3.05) is 18.1 Å². The van der Waals surface area contributed by atoms with Gasteiger partial charge in [0.05, 0.1) is 11.5 Å². The van der Waals surface area contributed by atoms with Gasteiger partial charge in [-0.1, -0.05) is 0 Å². The van der Waals surface area contributed by atoms with E-state index in [9.17, 15) is 16.8 Å². The molecule has 2 rings (SSSR count). The lowest BCUT2D eigenvalue weighted by atomic mass is 10.4. The Hall–Kier alpha value is -0.900. The third kappa shape index (κ3) is 2.76. The van der Waals surface area contributed by atoms with Gasteiger partial charge in [0, 0.05) is 18.7 Å². The first-order chi connectivity index (χ1) is 9.17. The van der Waals surface area contributed by atoms with Crippen molar-refractivity contribution in [3.63, 3.8) is 0 Å². The summed E-state index contributed by atoms with van der Waals surface area (Å²) in [5, 5.41) is 8.99. The Kier molecular flexibility index (Phi) is 3.98. The Bertz CT molecular complexity index is 703. The van der Waals surface area contributed by atoms with Crippen LogP contribution in [0.25, 0.3) is 0 Å². The molecule has 1 aliphatic rings. The number of rotatable bonds is 3. The Morgan fingerprint density at radius 1 is 1.50 bits per heavy atom. The van der Waals surface area contributed by atoms with E-state index in [-0.39, 0.29) is 41.1 Å². The van der Waals surface area contributed by atoms with Gasteiger partial charge in [0.15, 0.2) is 9.84 Å². The van der Waals surface area contributed by atoms with Crippen LogP contribution in [0, 0.1) is 6.92 Å². The van der Waals surface area contributed by atoms with Gasteiger partial charge in [0.1, 0.15) is 23.0 Å². The van der Waals surface area contributed by atoms with E-state index in [1.807, 2.05) is 0 Å². The number of nitrogens with zero attached hydrogens (tertiary/aromatic N) is 1. The number of sulfone groups is 1. The second kappa shape index (κ2) is 5.14. The molecule has 1 unspecified atom stereocenters. The molecule has 20 heavy (non-hydrogen) atoms. The smallest absolute Gasteiger partial charge is 0.246 e. The third-order valence-electron chi connectivity index (χ3n) is 3.28. The van der Waals surface area contributed by atoms with Gasteiger partial charge < -0.3 is 9.52 Å². The van der Waals surface area contributed by atoms with Gasteiger partial charge in [0.2, 0.25) is 10.0 Å². The van der Waals surface area contributed by atoms with Crippen molar-refractivity contribution in [2.45, 2.75) is 31.4 Å². The molecule has 1 aromatic heterocycles. The normalized spacial score (nSPS) is 23.9. The molecule has 0 saturated carbocycles. The molecular weight excluding hydrogens is 306 g/mol. The maximum absolute atomic E-state index is 12.5. The highest BCUT2D eigenvalue weighted by molar-refractivity contribution is 7.92. The Morgan fingerprint density at radius 2 is 2.15 bits per heavy atom. The SMILES string of the molecule is Cc1oc(CO)cc1S(=O)(=O)N1CCS(=O)(=O)CC1C. The zero-order valence-electron chi connectivity index (χ0n) is 11.2. The van der Waals surface area contributed by atoms with E-state index >= 15 is 0 Å². The number of furan rings is 1. The lowest BCUT2D eigenvalue weighted by Crippen LogP contribution is -2.49. The Balaban J connectivity index is 2.38. The van der Waals surface area contributed by atoms with Crippen molar-refractivity contribution in [1.29, 1.82) is 0 Å². The predicted molar refractivity (Wildman–Crippen MR) is 71.4 cm³/mol. The largest absolute Gasteiger partial charge is 0.462 e. The fourth-order valence-corrected chi connectivity index (χ4v) is 5.91. The Morgan fingerprint density at radius 3 is 2.65 bits per heavy atom. The standard InChI is InChI=1S/C11H17NO6S2/c1-8-7-19(14,15)4-3-12(8)20(16,17)11-5-10(6-13)18-9(11)2/h5,8,13H,3-4,6-7H2,1-2H3. The molecule has 1 aromatic rings. The van der Waals surface area contributed by atoms with E-state index in [0.29, 0.717) is 0 Å². The number of aliphatic hydroxyl groups excluding tert-OH is 1. The highest BCUT2D eigenvalue weighted by atomic mass is 32.2. The van der Waals surface area contributed by atoms with Gasteiger partial charge >= 0.3 is 0 Å². The van der Waals surface area contributed by atoms with Gasteiger partial charge in [0.25, 0.3) is 0 Å². The molecule has 0 aliphatic carbocycles. The van der Waals surface area contributed by atoms with Crippen LogP contribution in [0.5, 0.6) is 0 Å². The van der Waals surface area contributed by atoms with Crippen LogP contribution in [0.15, 0.2) is 15.4 Å². The summed E-state index contributed by atoms with van der Waals surface area (Å²) in [6.07, 6.45) is 0. The summed E-state index contributed by atoms with van der Waals surface area (Å²) in [6.45, 7) is 2.61. The molecule has 114 valence electrons. The maximum Gasteiger partial charge on any atom is 0.246 e. The number of hydrogen-bond donors (Lipinski definition) is 1. The van der Waals surface area contributed by atoms with E-state index in [0.717, 1.165) is 0 Å². The monoisotopic (exact) mass is 323 g/mol. The second-order valence-corrected chi connectivity index (χ2v) is 8.96. The zero-order chi connectivity index (χ0) is 15.1. The first-order valence-electron chi connectivity index (χ1n) is 6.10. The van der Waals surface area contributed by atoms with Gasteiger partial charge in [-0.3, -0.25) is 0 Å². The van der Waals surface area contributed by atoms with Crippen molar-refractivity contribution in [2.24, 2.45) is 0 Å². The fourth-order valence-electron chi connectivity index (χ4n) is 2.33. The van der Waals surface area contributed by atoms with Crippen LogP contribution < -0.4 is 0 Å². The summed E-state index contributed by atoms with van der Waals surface area (Å²) in [5.41, 5.74) is 0. The molecule has 1 atom stereocenters. The van der Waals surface area contributed by atoms with Crippen LogP contribution in [0.2, 0.25) is 0 Å². The average molecular weight is 323 g/mol. The Labute approximate surface area is 118 Å². The lowest BCUT2D eigenvalue weighted by molar-refractivity contribution is 0.244. The molecule has 1 saturated heterocycles. The van der Waals surface area contributed by atoms with Gasteiger partial charge in [-0.25, -0.2) is 16.8 Å². The highest BCUT2D eigenvalue weighted by Gasteiger charge is 2.38. The molecule has 0 radical (unpaired) electrons. The summed E-state index contributed by atoms with van der Waals surface area (Å²) in [6, 6.07) is 0.658. The predicted octanol–water partition coefficient (Wildman–Crippen LogP) is -0.112. The molecule has 1 aliphatic heterocycles. The molecule has 9 heteroatoms. The molecule has 0 aromatic carbocycles. The third-order valence-corrected chi connectivity index (χ3v) is 7.19. The second-order valence-electron chi connectivity index (χ2n) is 4.87. The number of aryl methyl sites for hydroxylation is 1. The van der Waals surface area contributed by atoms with Crippen LogP contribution in [0.4, 0.5) is 0 Å². The molecule has 7 nitrogen and oxygen atoms in total. The average Bonchev–Trinajstić information content (AvgIpc) is 2.69. The first kappa shape index (κ1) is 15.5. The van der Waals surface area contributed by atoms with Crippen LogP contribution in [-0.4, -0.2) is 50.3 Å². The molecule has 0 amide bonds. The molecule has 0 spiro atoms. The van der Waals surface area contributed by atoms with Gasteiger partial charge in [-0.2, -0.15) is 4.31 Å². The molecular formula is C11H17NO6S2. The van der Waals surface area contributed by atoms with E-state index in [1.165, 1.54) is 17.3 Å². The van der Waals surface area contributed by atoms with Gasteiger partial charge in [-0.15, -0.1) is 0 Å². The van der Waals surface area contributed by atoms with Crippen molar-refractivity contribution in [1.82, 2.24) is 4.31 Å². The molecule has 1 N–H and O–H groups in total. The van der Waals surface area contributed by atoms with Crippen LogP contribution in [0.1, 0.15) is 18.4 Å². The van der Waals surface area contributed by atoms with Crippen molar-refractivity contribution < 1.29 is 26.4 Å². The lowest BCUT2D eigenvalue weighted by Gasteiger charge is -2.31. The van der Waals surface area contributed by atoms with Gasteiger partial charge in [-0.05, 0) is 13.8 Å². The van der Waals surface area contributed by atoms with Crippen LogP contribution in [0.3, 0.4) is 0 Å². The van der Waals surface area contributed by atoms with E-state index in [1.54, 1.807) is 6.92 Å². The minimum absolute atomic E-state index is 0.0207.